The molecule has 6 heteroatoms. The molecule has 1 saturated heterocycles. The molecule has 1 aromatic heterocycles. The Morgan fingerprint density at radius 3 is 2.59 bits per heavy atom. The van der Waals surface area contributed by atoms with Crippen LogP contribution in [0, 0.1) is 0 Å². The number of nitrogens with zero attached hydrogens (tertiary/aromatic N) is 2. The third kappa shape index (κ3) is 4.59. The van der Waals surface area contributed by atoms with Crippen LogP contribution in [-0.4, -0.2) is 39.6 Å². The summed E-state index contributed by atoms with van der Waals surface area (Å²) in [5, 5.41) is 4.71. The molecule has 27 heavy (non-hydrogen) atoms. The van der Waals surface area contributed by atoms with Crippen molar-refractivity contribution in [2.45, 2.75) is 52.1 Å². The first-order valence-corrected chi connectivity index (χ1v) is 12.0. The number of aromatic nitrogens is 2. The van der Waals surface area contributed by atoms with Gasteiger partial charge in [-0.3, -0.25) is 0 Å². The molecule has 147 valence electrons. The maximum atomic E-state index is 12.5. The quantitative estimate of drug-likeness (QED) is 0.601. The standard InChI is InChI=1S/C21H30N2O3P/c1-5-26-20(24)18-14-19(21(2,3)4)22-23(18)17-10-8-9-16(13-17)15-27(25)11-6-7-12-27/h8-10,13-14,25H,5-7,11-12,15H2,1-4H3. The molecular weight excluding hydrogens is 359 g/mol. The monoisotopic (exact) mass is 389 g/mol. The van der Waals surface area contributed by atoms with Gasteiger partial charge in [-0.2, -0.15) is 5.10 Å². The highest BCUT2D eigenvalue weighted by atomic mass is 31.2. The lowest BCUT2D eigenvalue weighted by Gasteiger charge is -2.24. The molecule has 1 radical (unpaired) electrons. The Kier molecular flexibility index (Phi) is 5.73. The van der Waals surface area contributed by atoms with Crippen LogP contribution in [0.3, 0.4) is 0 Å². The van der Waals surface area contributed by atoms with Gasteiger partial charge in [0.2, 0.25) is 0 Å². The minimum atomic E-state index is -1.84. The number of rotatable bonds is 5. The minimum Gasteiger partial charge on any atom is -0.461 e. The molecule has 5 nitrogen and oxygen atoms in total. The van der Waals surface area contributed by atoms with Crippen LogP contribution in [0.25, 0.3) is 5.69 Å². The van der Waals surface area contributed by atoms with E-state index in [0.29, 0.717) is 12.3 Å². The van der Waals surface area contributed by atoms with Crippen LogP contribution in [0.2, 0.25) is 0 Å². The maximum absolute atomic E-state index is 12.5. The van der Waals surface area contributed by atoms with Gasteiger partial charge in [0, 0.05) is 11.6 Å². The SMILES string of the molecule is CCOC(=O)c1cc(C(C)(C)C)nn1-c1cccc(C[P]2(O)CCCC2)c1. The highest BCUT2D eigenvalue weighted by Gasteiger charge is 2.29. The van der Waals surface area contributed by atoms with Crippen LogP contribution in [0.15, 0.2) is 30.3 Å². The molecule has 0 amide bonds. The number of benzene rings is 1. The molecule has 0 bridgehead atoms. The fourth-order valence-corrected chi connectivity index (χ4v) is 6.54. The fourth-order valence-electron chi connectivity index (χ4n) is 3.50. The van der Waals surface area contributed by atoms with Crippen molar-refractivity contribution in [2.24, 2.45) is 0 Å². The third-order valence-corrected chi connectivity index (χ3v) is 8.24. The Morgan fingerprint density at radius 2 is 1.96 bits per heavy atom. The molecular formula is C21H30N2O3P. The molecule has 3 rings (SSSR count). The Morgan fingerprint density at radius 1 is 1.26 bits per heavy atom. The molecule has 1 N–H and O–H groups in total. The van der Waals surface area contributed by atoms with Gasteiger partial charge < -0.3 is 9.63 Å². The molecule has 2 heterocycles. The van der Waals surface area contributed by atoms with Gasteiger partial charge in [-0.15, -0.1) is 0 Å². The fraction of sp³-hybridized carbons (Fsp3) is 0.524. The molecule has 0 saturated carbocycles. The van der Waals surface area contributed by atoms with Crippen LogP contribution in [-0.2, 0) is 16.3 Å². The molecule has 0 atom stereocenters. The van der Waals surface area contributed by atoms with Crippen molar-refractivity contribution in [1.29, 1.82) is 0 Å². The van der Waals surface area contributed by atoms with E-state index < -0.39 is 7.49 Å². The number of carbonyl (C=O) groups is 1. The zero-order chi connectivity index (χ0) is 19.7. The summed E-state index contributed by atoms with van der Waals surface area (Å²) in [6, 6.07) is 9.84. The van der Waals surface area contributed by atoms with Gasteiger partial charge in [0.25, 0.3) is 0 Å². The highest BCUT2D eigenvalue weighted by Crippen LogP contribution is 2.62. The van der Waals surface area contributed by atoms with Crippen molar-refractivity contribution in [1.82, 2.24) is 9.78 Å². The highest BCUT2D eigenvalue weighted by molar-refractivity contribution is 7.69. The summed E-state index contributed by atoms with van der Waals surface area (Å²) in [4.78, 5) is 23.3. The molecule has 1 aliphatic heterocycles. The van der Waals surface area contributed by atoms with Gasteiger partial charge >= 0.3 is 5.97 Å². The second-order valence-corrected chi connectivity index (χ2v) is 11.8. The summed E-state index contributed by atoms with van der Waals surface area (Å²) < 4.78 is 6.92. The molecule has 1 aromatic carbocycles. The lowest BCUT2D eigenvalue weighted by Crippen LogP contribution is -2.13. The Balaban J connectivity index is 1.98. The zero-order valence-electron chi connectivity index (χ0n) is 16.7. The zero-order valence-corrected chi connectivity index (χ0v) is 17.6. The van der Waals surface area contributed by atoms with Crippen molar-refractivity contribution < 1.29 is 14.4 Å². The van der Waals surface area contributed by atoms with E-state index in [0.717, 1.165) is 48.3 Å². The predicted octanol–water partition coefficient (Wildman–Crippen LogP) is 4.57. The number of carbonyl (C=O) groups excluding carboxylic acids is 1. The third-order valence-electron chi connectivity index (χ3n) is 4.99. The van der Waals surface area contributed by atoms with E-state index in [4.69, 9.17) is 9.84 Å². The Hall–Kier alpha value is -1.71. The minimum absolute atomic E-state index is 0.172. The number of ether oxygens (including phenoxy) is 1. The summed E-state index contributed by atoms with van der Waals surface area (Å²) in [6.45, 7) is 8.35. The lowest BCUT2D eigenvalue weighted by molar-refractivity contribution is 0.0515. The van der Waals surface area contributed by atoms with Crippen LogP contribution in [0.1, 0.15) is 62.3 Å². The smallest absolute Gasteiger partial charge is 0.357 e. The van der Waals surface area contributed by atoms with Crippen molar-refractivity contribution in [2.75, 3.05) is 18.9 Å². The van der Waals surface area contributed by atoms with E-state index in [-0.39, 0.29) is 11.4 Å². The molecule has 0 unspecified atom stereocenters. The first kappa shape index (κ1) is 20.0. The predicted molar refractivity (Wildman–Crippen MR) is 110 cm³/mol. The first-order chi connectivity index (χ1) is 12.7. The Labute approximate surface area is 162 Å². The van der Waals surface area contributed by atoms with E-state index in [2.05, 4.69) is 26.8 Å². The van der Waals surface area contributed by atoms with E-state index in [1.807, 2.05) is 24.3 Å². The van der Waals surface area contributed by atoms with Crippen LogP contribution < -0.4 is 0 Å². The average molecular weight is 389 g/mol. The van der Waals surface area contributed by atoms with E-state index in [1.54, 1.807) is 11.6 Å². The molecule has 0 aliphatic carbocycles. The van der Waals surface area contributed by atoms with Crippen LogP contribution in [0.5, 0.6) is 0 Å². The summed E-state index contributed by atoms with van der Waals surface area (Å²) in [7, 11) is -1.84. The summed E-state index contributed by atoms with van der Waals surface area (Å²) in [5.74, 6) is -0.368. The number of hydrogen-bond acceptors (Lipinski definition) is 4. The van der Waals surface area contributed by atoms with Crippen LogP contribution in [0.4, 0.5) is 0 Å². The van der Waals surface area contributed by atoms with E-state index >= 15 is 0 Å². The normalized spacial score (nSPS) is 16.5. The van der Waals surface area contributed by atoms with Gasteiger partial charge in [-0.1, -0.05) is 32.9 Å². The maximum Gasteiger partial charge on any atom is 0.357 e. The lowest BCUT2D eigenvalue weighted by atomic mass is 9.92. The topological polar surface area (TPSA) is 64.3 Å². The molecule has 2 aromatic rings. The molecule has 0 spiro atoms. The Bertz CT molecular complexity index is 817. The van der Waals surface area contributed by atoms with Crippen molar-refractivity contribution in [3.63, 3.8) is 0 Å². The number of esters is 1. The summed E-state index contributed by atoms with van der Waals surface area (Å²) in [6.07, 6.45) is 4.92. The number of hydrogen-bond donors (Lipinski definition) is 1. The molecule has 1 fully saturated rings. The second-order valence-electron chi connectivity index (χ2n) is 8.37. The van der Waals surface area contributed by atoms with Crippen molar-refractivity contribution >= 4 is 13.5 Å². The molecule has 1 aliphatic rings. The van der Waals surface area contributed by atoms with E-state index in [9.17, 15) is 9.69 Å². The van der Waals surface area contributed by atoms with Gasteiger partial charge in [-0.05, 0) is 63.3 Å². The average Bonchev–Trinajstić information content (AvgIpc) is 3.22. The summed E-state index contributed by atoms with van der Waals surface area (Å²) in [5.41, 5.74) is 3.05. The largest absolute Gasteiger partial charge is 0.461 e. The van der Waals surface area contributed by atoms with Gasteiger partial charge in [-0.25, -0.2) is 9.48 Å². The second kappa shape index (κ2) is 7.73. The first-order valence-electron chi connectivity index (χ1n) is 9.68. The van der Waals surface area contributed by atoms with Crippen molar-refractivity contribution in [3.8, 4) is 5.69 Å². The van der Waals surface area contributed by atoms with Gasteiger partial charge in [0.1, 0.15) is 0 Å². The van der Waals surface area contributed by atoms with Crippen LogP contribution >= 0.6 is 7.49 Å². The summed E-state index contributed by atoms with van der Waals surface area (Å²) >= 11 is 0. The van der Waals surface area contributed by atoms with E-state index in [1.165, 1.54) is 0 Å². The van der Waals surface area contributed by atoms with Gasteiger partial charge in [0.15, 0.2) is 5.69 Å². The van der Waals surface area contributed by atoms with Crippen molar-refractivity contribution in [3.05, 3.63) is 47.3 Å². The van der Waals surface area contributed by atoms with Gasteiger partial charge in [0.05, 0.1) is 18.0 Å².